The number of rotatable bonds is 6. The standard InChI is InChI=1S/C17H19N3O3/c1-12(17(22)19-14-7-8-14)23-16(21)9-13-10-18-20(11-13)15-5-3-2-4-6-15/h2-6,10-12,14H,7-9H2,1H3,(H,19,22). The van der Waals surface area contributed by atoms with Gasteiger partial charge in [-0.2, -0.15) is 5.10 Å². The van der Waals surface area contributed by atoms with Crippen molar-refractivity contribution in [1.29, 1.82) is 0 Å². The molecule has 1 aliphatic carbocycles. The van der Waals surface area contributed by atoms with Crippen LogP contribution in [0.4, 0.5) is 0 Å². The molecule has 1 aliphatic rings. The maximum absolute atomic E-state index is 11.9. The molecule has 1 saturated carbocycles. The third-order valence-electron chi connectivity index (χ3n) is 3.61. The van der Waals surface area contributed by atoms with E-state index in [2.05, 4.69) is 10.4 Å². The summed E-state index contributed by atoms with van der Waals surface area (Å²) in [6.45, 7) is 1.59. The summed E-state index contributed by atoms with van der Waals surface area (Å²) in [6, 6.07) is 9.89. The van der Waals surface area contributed by atoms with Crippen LogP contribution in [-0.2, 0) is 20.7 Å². The maximum atomic E-state index is 11.9. The van der Waals surface area contributed by atoms with Crippen molar-refractivity contribution in [3.05, 3.63) is 48.3 Å². The molecule has 3 rings (SSSR count). The first kappa shape index (κ1) is 15.3. The lowest BCUT2D eigenvalue weighted by Gasteiger charge is -2.12. The molecule has 1 aromatic carbocycles. The highest BCUT2D eigenvalue weighted by Gasteiger charge is 2.27. The highest BCUT2D eigenvalue weighted by atomic mass is 16.5. The van der Waals surface area contributed by atoms with Crippen LogP contribution in [0.25, 0.3) is 5.69 Å². The predicted octanol–water partition coefficient (Wildman–Crippen LogP) is 1.63. The Morgan fingerprint density at radius 2 is 2.09 bits per heavy atom. The first-order valence-electron chi connectivity index (χ1n) is 7.70. The van der Waals surface area contributed by atoms with Crippen molar-refractivity contribution in [2.24, 2.45) is 0 Å². The van der Waals surface area contributed by atoms with E-state index in [4.69, 9.17) is 4.74 Å². The van der Waals surface area contributed by atoms with Gasteiger partial charge in [0.15, 0.2) is 6.10 Å². The molecular formula is C17H19N3O3. The lowest BCUT2D eigenvalue weighted by molar-refractivity contribution is -0.154. The van der Waals surface area contributed by atoms with Crippen LogP contribution >= 0.6 is 0 Å². The monoisotopic (exact) mass is 313 g/mol. The highest BCUT2D eigenvalue weighted by Crippen LogP contribution is 2.18. The van der Waals surface area contributed by atoms with Crippen molar-refractivity contribution in [2.75, 3.05) is 0 Å². The van der Waals surface area contributed by atoms with Crippen LogP contribution in [0.5, 0.6) is 0 Å². The average molecular weight is 313 g/mol. The van der Waals surface area contributed by atoms with Crippen molar-refractivity contribution in [1.82, 2.24) is 15.1 Å². The molecular weight excluding hydrogens is 294 g/mol. The molecule has 2 aromatic rings. The zero-order valence-electron chi connectivity index (χ0n) is 12.9. The second kappa shape index (κ2) is 6.64. The fraction of sp³-hybridized carbons (Fsp3) is 0.353. The van der Waals surface area contributed by atoms with E-state index in [1.165, 1.54) is 0 Å². The normalized spacial score (nSPS) is 15.0. The van der Waals surface area contributed by atoms with Crippen LogP contribution < -0.4 is 5.32 Å². The number of esters is 1. The minimum absolute atomic E-state index is 0.0912. The second-order valence-corrected chi connectivity index (χ2v) is 5.72. The number of amides is 1. The lowest BCUT2D eigenvalue weighted by atomic mass is 10.2. The first-order valence-corrected chi connectivity index (χ1v) is 7.70. The number of aromatic nitrogens is 2. The van der Waals surface area contributed by atoms with E-state index >= 15 is 0 Å². The van der Waals surface area contributed by atoms with Crippen molar-refractivity contribution >= 4 is 11.9 Å². The van der Waals surface area contributed by atoms with Gasteiger partial charge in [0.25, 0.3) is 5.91 Å². The topological polar surface area (TPSA) is 73.2 Å². The number of benzene rings is 1. The SMILES string of the molecule is CC(OC(=O)Cc1cnn(-c2ccccc2)c1)C(=O)NC1CC1. The Morgan fingerprint density at radius 1 is 1.35 bits per heavy atom. The molecule has 0 bridgehead atoms. The summed E-state index contributed by atoms with van der Waals surface area (Å²) in [7, 11) is 0. The summed E-state index contributed by atoms with van der Waals surface area (Å²) in [4.78, 5) is 23.7. The molecule has 1 amide bonds. The van der Waals surface area contributed by atoms with Gasteiger partial charge in [-0.05, 0) is 31.9 Å². The molecule has 1 aromatic heterocycles. The second-order valence-electron chi connectivity index (χ2n) is 5.72. The molecule has 0 aliphatic heterocycles. The minimum Gasteiger partial charge on any atom is -0.452 e. The van der Waals surface area contributed by atoms with Crippen molar-refractivity contribution < 1.29 is 14.3 Å². The smallest absolute Gasteiger partial charge is 0.311 e. The number of carbonyl (C=O) groups excluding carboxylic acids is 2. The van der Waals surface area contributed by atoms with E-state index in [0.717, 1.165) is 24.1 Å². The quantitative estimate of drug-likeness (QED) is 0.823. The van der Waals surface area contributed by atoms with E-state index < -0.39 is 12.1 Å². The number of hydrogen-bond acceptors (Lipinski definition) is 4. The molecule has 1 atom stereocenters. The van der Waals surface area contributed by atoms with Crippen LogP contribution in [0.1, 0.15) is 25.3 Å². The number of hydrogen-bond donors (Lipinski definition) is 1. The van der Waals surface area contributed by atoms with Gasteiger partial charge in [0.2, 0.25) is 0 Å². The molecule has 120 valence electrons. The van der Waals surface area contributed by atoms with Crippen molar-refractivity contribution in [3.8, 4) is 5.69 Å². The van der Waals surface area contributed by atoms with E-state index in [1.54, 1.807) is 24.0 Å². The Bertz CT molecular complexity index is 692. The van der Waals surface area contributed by atoms with Crippen LogP contribution in [0.3, 0.4) is 0 Å². The number of ether oxygens (including phenoxy) is 1. The van der Waals surface area contributed by atoms with Gasteiger partial charge in [-0.25, -0.2) is 4.68 Å². The number of para-hydroxylation sites is 1. The van der Waals surface area contributed by atoms with Gasteiger partial charge < -0.3 is 10.1 Å². The highest BCUT2D eigenvalue weighted by molar-refractivity contribution is 5.84. The Hall–Kier alpha value is -2.63. The number of nitrogens with zero attached hydrogens (tertiary/aromatic N) is 2. The Labute approximate surface area is 134 Å². The van der Waals surface area contributed by atoms with Crippen LogP contribution in [0.15, 0.2) is 42.7 Å². The van der Waals surface area contributed by atoms with Crippen LogP contribution in [0, 0.1) is 0 Å². The molecule has 0 spiro atoms. The largest absolute Gasteiger partial charge is 0.452 e. The number of nitrogens with one attached hydrogen (secondary N) is 1. The number of carbonyl (C=O) groups is 2. The molecule has 6 nitrogen and oxygen atoms in total. The zero-order valence-corrected chi connectivity index (χ0v) is 12.9. The Balaban J connectivity index is 1.53. The summed E-state index contributed by atoms with van der Waals surface area (Å²) in [5.74, 6) is -0.670. The van der Waals surface area contributed by atoms with Gasteiger partial charge in [-0.1, -0.05) is 18.2 Å². The van der Waals surface area contributed by atoms with Crippen molar-refractivity contribution in [2.45, 2.75) is 38.3 Å². The zero-order chi connectivity index (χ0) is 16.2. The van der Waals surface area contributed by atoms with Gasteiger partial charge in [0.1, 0.15) is 0 Å². The van der Waals surface area contributed by atoms with Gasteiger partial charge in [-0.3, -0.25) is 9.59 Å². The van der Waals surface area contributed by atoms with E-state index in [9.17, 15) is 9.59 Å². The summed E-state index contributed by atoms with van der Waals surface area (Å²) in [5.41, 5.74) is 1.66. The average Bonchev–Trinajstić information content (AvgIpc) is 3.24. The molecule has 23 heavy (non-hydrogen) atoms. The van der Waals surface area contributed by atoms with Gasteiger partial charge in [0.05, 0.1) is 18.3 Å². The Kier molecular flexibility index (Phi) is 4.41. The summed E-state index contributed by atoms with van der Waals surface area (Å²) in [6.07, 6.45) is 4.74. The molecule has 0 radical (unpaired) electrons. The van der Waals surface area contributed by atoms with E-state index in [-0.39, 0.29) is 18.4 Å². The fourth-order valence-corrected chi connectivity index (χ4v) is 2.18. The van der Waals surface area contributed by atoms with Gasteiger partial charge >= 0.3 is 5.97 Å². The minimum atomic E-state index is -0.771. The maximum Gasteiger partial charge on any atom is 0.311 e. The lowest BCUT2D eigenvalue weighted by Crippen LogP contribution is -2.37. The molecule has 0 saturated heterocycles. The Morgan fingerprint density at radius 3 is 2.78 bits per heavy atom. The predicted molar refractivity (Wildman–Crippen MR) is 84.0 cm³/mol. The van der Waals surface area contributed by atoms with Gasteiger partial charge in [-0.15, -0.1) is 0 Å². The third-order valence-corrected chi connectivity index (χ3v) is 3.61. The van der Waals surface area contributed by atoms with E-state index in [0.29, 0.717) is 0 Å². The fourth-order valence-electron chi connectivity index (χ4n) is 2.18. The van der Waals surface area contributed by atoms with Gasteiger partial charge in [0, 0.05) is 17.8 Å². The van der Waals surface area contributed by atoms with Crippen LogP contribution in [0.2, 0.25) is 0 Å². The van der Waals surface area contributed by atoms with Crippen molar-refractivity contribution in [3.63, 3.8) is 0 Å². The van der Waals surface area contributed by atoms with E-state index in [1.807, 2.05) is 30.3 Å². The molecule has 1 unspecified atom stereocenters. The summed E-state index contributed by atoms with van der Waals surface area (Å²) < 4.78 is 6.87. The first-order chi connectivity index (χ1) is 11.1. The molecule has 1 heterocycles. The molecule has 6 heteroatoms. The molecule has 1 N–H and O–H groups in total. The third kappa shape index (κ3) is 4.18. The summed E-state index contributed by atoms with van der Waals surface area (Å²) >= 11 is 0. The molecule has 1 fully saturated rings. The van der Waals surface area contributed by atoms with Crippen LogP contribution in [-0.4, -0.2) is 33.8 Å². The summed E-state index contributed by atoms with van der Waals surface area (Å²) in [5, 5.41) is 7.05.